The summed E-state index contributed by atoms with van der Waals surface area (Å²) >= 11 is 1.84. The van der Waals surface area contributed by atoms with Crippen LogP contribution in [0, 0.1) is 11.3 Å². The third-order valence-electron chi connectivity index (χ3n) is 2.37. The molecule has 0 fully saturated rings. The average molecular weight is 250 g/mol. The first kappa shape index (κ1) is 13.9. The zero-order chi connectivity index (χ0) is 12.7. The van der Waals surface area contributed by atoms with Gasteiger partial charge in [0.15, 0.2) is 0 Å². The second kappa shape index (κ2) is 7.21. The average Bonchev–Trinajstić information content (AvgIpc) is 2.34. The predicted molar refractivity (Wildman–Crippen MR) is 72.1 cm³/mol. The first-order valence-corrected chi connectivity index (χ1v) is 6.73. The number of rotatable bonds is 6. The van der Waals surface area contributed by atoms with Gasteiger partial charge in [-0.05, 0) is 36.8 Å². The van der Waals surface area contributed by atoms with Gasteiger partial charge in [0.05, 0.1) is 12.7 Å². The van der Waals surface area contributed by atoms with Crippen LogP contribution in [0.3, 0.4) is 0 Å². The molecule has 0 saturated carbocycles. The van der Waals surface area contributed by atoms with Gasteiger partial charge in [0.2, 0.25) is 0 Å². The van der Waals surface area contributed by atoms with E-state index < -0.39 is 0 Å². The molecule has 0 aliphatic rings. The van der Waals surface area contributed by atoms with Gasteiger partial charge in [-0.25, -0.2) is 0 Å². The van der Waals surface area contributed by atoms with Crippen LogP contribution < -0.4 is 10.5 Å². The Labute approximate surface area is 107 Å². The second-order valence-corrected chi connectivity index (χ2v) is 5.07. The summed E-state index contributed by atoms with van der Waals surface area (Å²) in [6.07, 6.45) is 1.02. The van der Waals surface area contributed by atoms with E-state index in [0.717, 1.165) is 23.5 Å². The minimum Gasteiger partial charge on any atom is -0.495 e. The molecule has 1 aromatic carbocycles. The lowest BCUT2D eigenvalue weighted by Gasteiger charge is -2.07. The van der Waals surface area contributed by atoms with Crippen LogP contribution in [0.25, 0.3) is 0 Å². The third kappa shape index (κ3) is 4.68. The number of hydrogen-bond donors (Lipinski definition) is 1. The van der Waals surface area contributed by atoms with Crippen LogP contribution in [0.15, 0.2) is 18.2 Å². The van der Waals surface area contributed by atoms with E-state index in [1.165, 1.54) is 0 Å². The highest BCUT2D eigenvalue weighted by atomic mass is 32.2. The summed E-state index contributed by atoms with van der Waals surface area (Å²) in [5, 5.41) is 8.97. The molecule has 4 heteroatoms. The molecule has 1 atom stereocenters. The molecule has 3 nitrogen and oxygen atoms in total. The van der Waals surface area contributed by atoms with Crippen LogP contribution in [-0.2, 0) is 5.75 Å². The number of hydrogen-bond acceptors (Lipinski definition) is 4. The van der Waals surface area contributed by atoms with Crippen LogP contribution in [0.2, 0.25) is 0 Å². The summed E-state index contributed by atoms with van der Waals surface area (Å²) in [5.74, 6) is 2.59. The Hall–Kier alpha value is -1.18. The van der Waals surface area contributed by atoms with Gasteiger partial charge in [-0.1, -0.05) is 6.07 Å². The maximum Gasteiger partial charge on any atom is 0.136 e. The summed E-state index contributed by atoms with van der Waals surface area (Å²) in [7, 11) is 1.58. The lowest BCUT2D eigenvalue weighted by Crippen LogP contribution is -2.15. The number of nitrogens with zero attached hydrogens (tertiary/aromatic N) is 1. The Morgan fingerprint density at radius 3 is 2.88 bits per heavy atom. The fraction of sp³-hybridized carbons (Fsp3) is 0.462. The molecular formula is C13H18N2OS. The highest BCUT2D eigenvalue weighted by Gasteiger charge is 2.03. The van der Waals surface area contributed by atoms with E-state index in [4.69, 9.17) is 15.7 Å². The molecule has 2 N–H and O–H groups in total. The molecular weight excluding hydrogens is 232 g/mol. The molecule has 1 rings (SSSR count). The highest BCUT2D eigenvalue weighted by molar-refractivity contribution is 7.98. The lowest BCUT2D eigenvalue weighted by atomic mass is 10.1. The standard InChI is InChI=1S/C13H18N2OS/c1-10(15)5-6-17-9-11-3-4-13(16-2)12(7-11)8-14/h3-4,7,10H,5-6,9,15H2,1-2H3. The van der Waals surface area contributed by atoms with E-state index in [1.807, 2.05) is 36.9 Å². The maximum absolute atomic E-state index is 8.97. The molecule has 0 spiro atoms. The van der Waals surface area contributed by atoms with Crippen LogP contribution >= 0.6 is 11.8 Å². The van der Waals surface area contributed by atoms with E-state index in [9.17, 15) is 0 Å². The SMILES string of the molecule is COc1ccc(CSCCC(C)N)cc1C#N. The number of nitrogens with two attached hydrogens (primary N) is 1. The quantitative estimate of drug-likeness (QED) is 0.788. The minimum atomic E-state index is 0.257. The van der Waals surface area contributed by atoms with Gasteiger partial charge in [0.25, 0.3) is 0 Å². The van der Waals surface area contributed by atoms with Crippen molar-refractivity contribution in [3.63, 3.8) is 0 Å². The Morgan fingerprint density at radius 1 is 1.53 bits per heavy atom. The van der Waals surface area contributed by atoms with Gasteiger partial charge in [-0.2, -0.15) is 17.0 Å². The van der Waals surface area contributed by atoms with Crippen molar-refractivity contribution in [2.45, 2.75) is 25.1 Å². The molecule has 92 valence electrons. The van der Waals surface area contributed by atoms with E-state index in [1.54, 1.807) is 7.11 Å². The molecule has 0 saturated heterocycles. The number of ether oxygens (including phenoxy) is 1. The molecule has 0 aliphatic carbocycles. The number of thioether (sulfide) groups is 1. The molecule has 1 unspecified atom stereocenters. The Morgan fingerprint density at radius 2 is 2.29 bits per heavy atom. The van der Waals surface area contributed by atoms with Crippen LogP contribution in [0.4, 0.5) is 0 Å². The largest absolute Gasteiger partial charge is 0.495 e. The van der Waals surface area contributed by atoms with Gasteiger partial charge in [0, 0.05) is 11.8 Å². The van der Waals surface area contributed by atoms with Gasteiger partial charge in [-0.3, -0.25) is 0 Å². The van der Waals surface area contributed by atoms with E-state index in [0.29, 0.717) is 11.3 Å². The van der Waals surface area contributed by atoms with Gasteiger partial charge in [-0.15, -0.1) is 0 Å². The number of methoxy groups -OCH3 is 1. The van der Waals surface area contributed by atoms with Crippen molar-refractivity contribution in [3.05, 3.63) is 29.3 Å². The molecule has 0 heterocycles. The summed E-state index contributed by atoms with van der Waals surface area (Å²) in [6.45, 7) is 2.02. The first-order valence-electron chi connectivity index (χ1n) is 5.57. The van der Waals surface area contributed by atoms with Crippen molar-refractivity contribution < 1.29 is 4.74 Å². The van der Waals surface area contributed by atoms with Crippen molar-refractivity contribution in [1.82, 2.24) is 0 Å². The Balaban J connectivity index is 2.52. The molecule has 0 aromatic heterocycles. The number of nitriles is 1. The normalized spacial score (nSPS) is 11.9. The van der Waals surface area contributed by atoms with Crippen LogP contribution in [0.5, 0.6) is 5.75 Å². The lowest BCUT2D eigenvalue weighted by molar-refractivity contribution is 0.413. The Kier molecular flexibility index (Phi) is 5.88. The van der Waals surface area contributed by atoms with Gasteiger partial charge in [0.1, 0.15) is 11.8 Å². The summed E-state index contributed by atoms with van der Waals surface area (Å²) in [5.41, 5.74) is 7.43. The van der Waals surface area contributed by atoms with Crippen molar-refractivity contribution in [1.29, 1.82) is 5.26 Å². The molecule has 0 aliphatic heterocycles. The fourth-order valence-electron chi connectivity index (χ4n) is 1.39. The van der Waals surface area contributed by atoms with Gasteiger partial charge >= 0.3 is 0 Å². The molecule has 0 radical (unpaired) electrons. The van der Waals surface area contributed by atoms with E-state index >= 15 is 0 Å². The van der Waals surface area contributed by atoms with Crippen LogP contribution in [-0.4, -0.2) is 18.9 Å². The fourth-order valence-corrected chi connectivity index (χ4v) is 2.49. The van der Waals surface area contributed by atoms with E-state index in [2.05, 4.69) is 6.07 Å². The monoisotopic (exact) mass is 250 g/mol. The zero-order valence-corrected chi connectivity index (χ0v) is 11.1. The van der Waals surface area contributed by atoms with Crippen molar-refractivity contribution in [3.8, 4) is 11.8 Å². The van der Waals surface area contributed by atoms with Gasteiger partial charge < -0.3 is 10.5 Å². The van der Waals surface area contributed by atoms with Crippen molar-refractivity contribution in [2.24, 2.45) is 5.73 Å². The van der Waals surface area contributed by atoms with Crippen molar-refractivity contribution in [2.75, 3.05) is 12.9 Å². The van der Waals surface area contributed by atoms with E-state index in [-0.39, 0.29) is 6.04 Å². The predicted octanol–water partition coefficient (Wildman–Crippen LogP) is 2.54. The summed E-state index contributed by atoms with van der Waals surface area (Å²) < 4.78 is 5.10. The maximum atomic E-state index is 8.97. The second-order valence-electron chi connectivity index (χ2n) is 3.96. The first-order chi connectivity index (χ1) is 8.17. The molecule has 17 heavy (non-hydrogen) atoms. The smallest absolute Gasteiger partial charge is 0.136 e. The number of benzene rings is 1. The Bertz CT molecular complexity index is 399. The highest BCUT2D eigenvalue weighted by Crippen LogP contribution is 2.21. The molecule has 0 amide bonds. The molecule has 0 bridgehead atoms. The summed E-state index contributed by atoms with van der Waals surface area (Å²) in [4.78, 5) is 0. The topological polar surface area (TPSA) is 59.0 Å². The minimum absolute atomic E-state index is 0.257. The zero-order valence-electron chi connectivity index (χ0n) is 10.3. The summed E-state index contributed by atoms with van der Waals surface area (Å²) in [6, 6.07) is 8.13. The van der Waals surface area contributed by atoms with Crippen molar-refractivity contribution >= 4 is 11.8 Å². The molecule has 1 aromatic rings. The van der Waals surface area contributed by atoms with Crippen LogP contribution in [0.1, 0.15) is 24.5 Å². The third-order valence-corrected chi connectivity index (χ3v) is 3.43.